The molecule has 2 nitrogen and oxygen atoms in total. The Morgan fingerprint density at radius 1 is 1.38 bits per heavy atom. The summed E-state index contributed by atoms with van der Waals surface area (Å²) in [6.07, 6.45) is 3.45. The monoisotopic (exact) mass is 109 g/mol. The van der Waals surface area contributed by atoms with E-state index in [-0.39, 0.29) is 5.88 Å². The van der Waals surface area contributed by atoms with Crippen LogP contribution < -0.4 is 0 Å². The van der Waals surface area contributed by atoms with Gasteiger partial charge in [-0.1, -0.05) is 0 Å². The lowest BCUT2D eigenvalue weighted by atomic mass is 10.7. The standard InChI is InChI=1S/C6H7NO/c1-6(8)7-4-2-3-5-7/h2-5,8H,1H2. The summed E-state index contributed by atoms with van der Waals surface area (Å²) >= 11 is 0. The predicted molar refractivity (Wildman–Crippen MR) is 32.4 cm³/mol. The highest BCUT2D eigenvalue weighted by Gasteiger charge is 1.85. The van der Waals surface area contributed by atoms with Gasteiger partial charge in [-0.05, 0) is 18.7 Å². The Hall–Kier alpha value is -1.18. The third kappa shape index (κ3) is 0.729. The maximum Gasteiger partial charge on any atom is 0.187 e. The number of aliphatic hydroxyl groups excluding tert-OH is 1. The van der Waals surface area contributed by atoms with E-state index in [9.17, 15) is 0 Å². The van der Waals surface area contributed by atoms with E-state index in [0.717, 1.165) is 0 Å². The molecular formula is C6H7NO. The van der Waals surface area contributed by atoms with Gasteiger partial charge in [0.1, 0.15) is 0 Å². The van der Waals surface area contributed by atoms with Crippen LogP contribution in [0.2, 0.25) is 0 Å². The molecule has 1 aromatic heterocycles. The van der Waals surface area contributed by atoms with Gasteiger partial charge in [0.15, 0.2) is 5.88 Å². The van der Waals surface area contributed by atoms with Crippen LogP contribution in [0, 0.1) is 0 Å². The van der Waals surface area contributed by atoms with Crippen molar-refractivity contribution >= 4 is 5.88 Å². The molecule has 1 N–H and O–H groups in total. The summed E-state index contributed by atoms with van der Waals surface area (Å²) in [4.78, 5) is 0. The van der Waals surface area contributed by atoms with Crippen molar-refractivity contribution in [2.45, 2.75) is 0 Å². The predicted octanol–water partition coefficient (Wildman–Crippen LogP) is 1.47. The van der Waals surface area contributed by atoms with Crippen molar-refractivity contribution in [2.75, 3.05) is 0 Å². The minimum Gasteiger partial charge on any atom is -0.495 e. The van der Waals surface area contributed by atoms with Crippen molar-refractivity contribution in [3.05, 3.63) is 31.1 Å². The molecule has 0 aliphatic rings. The van der Waals surface area contributed by atoms with E-state index in [2.05, 4.69) is 6.58 Å². The molecule has 2 heteroatoms. The molecule has 0 atom stereocenters. The maximum absolute atomic E-state index is 8.68. The average molecular weight is 109 g/mol. The first kappa shape index (κ1) is 4.97. The molecule has 0 bridgehead atoms. The van der Waals surface area contributed by atoms with Crippen LogP contribution in [0.25, 0.3) is 5.88 Å². The fourth-order valence-corrected chi connectivity index (χ4v) is 0.507. The zero-order valence-electron chi connectivity index (χ0n) is 4.41. The summed E-state index contributed by atoms with van der Waals surface area (Å²) in [5.41, 5.74) is 0. The summed E-state index contributed by atoms with van der Waals surface area (Å²) in [7, 11) is 0. The SMILES string of the molecule is C=C(O)n1cccc1. The minimum absolute atomic E-state index is 0.0509. The number of nitrogens with zero attached hydrogens (tertiary/aromatic N) is 1. The molecule has 0 unspecified atom stereocenters. The second-order valence-corrected chi connectivity index (χ2v) is 1.51. The average Bonchev–Trinajstić information content (AvgIpc) is 2.12. The summed E-state index contributed by atoms with van der Waals surface area (Å²) in [6, 6.07) is 3.64. The van der Waals surface area contributed by atoms with Crippen molar-refractivity contribution in [3.8, 4) is 0 Å². The van der Waals surface area contributed by atoms with Gasteiger partial charge in [-0.15, -0.1) is 0 Å². The number of aromatic nitrogens is 1. The molecule has 1 rings (SSSR count). The molecule has 0 fully saturated rings. The molecule has 1 aromatic rings. The van der Waals surface area contributed by atoms with Gasteiger partial charge >= 0.3 is 0 Å². The van der Waals surface area contributed by atoms with E-state index in [0.29, 0.717) is 0 Å². The molecule has 0 aliphatic heterocycles. The van der Waals surface area contributed by atoms with Crippen LogP contribution in [-0.4, -0.2) is 9.67 Å². The lowest BCUT2D eigenvalue weighted by Gasteiger charge is -1.94. The molecular weight excluding hydrogens is 102 g/mol. The second-order valence-electron chi connectivity index (χ2n) is 1.51. The third-order valence-electron chi connectivity index (χ3n) is 0.902. The Labute approximate surface area is 47.7 Å². The van der Waals surface area contributed by atoms with Crippen molar-refractivity contribution < 1.29 is 5.11 Å². The van der Waals surface area contributed by atoms with Gasteiger partial charge in [-0.2, -0.15) is 0 Å². The van der Waals surface area contributed by atoms with Crippen LogP contribution in [0.3, 0.4) is 0 Å². The Morgan fingerprint density at radius 2 is 1.88 bits per heavy atom. The third-order valence-corrected chi connectivity index (χ3v) is 0.902. The molecule has 8 heavy (non-hydrogen) atoms. The van der Waals surface area contributed by atoms with E-state index in [1.165, 1.54) is 4.57 Å². The van der Waals surface area contributed by atoms with Gasteiger partial charge in [-0.25, -0.2) is 0 Å². The number of hydrogen-bond donors (Lipinski definition) is 1. The molecule has 42 valence electrons. The normalized spacial score (nSPS) is 9.00. The number of aliphatic hydroxyl groups is 1. The molecule has 1 heterocycles. The van der Waals surface area contributed by atoms with Crippen LogP contribution in [0.4, 0.5) is 0 Å². The fourth-order valence-electron chi connectivity index (χ4n) is 0.507. The Kier molecular flexibility index (Phi) is 1.08. The first-order valence-electron chi connectivity index (χ1n) is 2.32. The smallest absolute Gasteiger partial charge is 0.187 e. The van der Waals surface area contributed by atoms with Gasteiger partial charge in [0.05, 0.1) is 0 Å². The Bertz CT molecular complexity index is 176. The summed E-state index contributed by atoms with van der Waals surface area (Å²) in [5.74, 6) is 0.0509. The first-order chi connectivity index (χ1) is 3.80. The molecule has 0 saturated heterocycles. The van der Waals surface area contributed by atoms with Gasteiger partial charge in [0, 0.05) is 12.4 Å². The topological polar surface area (TPSA) is 25.2 Å². The van der Waals surface area contributed by atoms with E-state index in [1.54, 1.807) is 12.4 Å². The molecule has 0 spiro atoms. The van der Waals surface area contributed by atoms with Crippen molar-refractivity contribution in [3.63, 3.8) is 0 Å². The molecule has 0 aromatic carbocycles. The second kappa shape index (κ2) is 1.74. The first-order valence-corrected chi connectivity index (χ1v) is 2.32. The van der Waals surface area contributed by atoms with E-state index < -0.39 is 0 Å². The van der Waals surface area contributed by atoms with Crippen LogP contribution >= 0.6 is 0 Å². The van der Waals surface area contributed by atoms with Gasteiger partial charge in [0.2, 0.25) is 0 Å². The summed E-state index contributed by atoms with van der Waals surface area (Å²) in [6.45, 7) is 3.32. The lowest BCUT2D eigenvalue weighted by molar-refractivity contribution is 0.474. The van der Waals surface area contributed by atoms with Crippen LogP contribution in [0.1, 0.15) is 0 Å². The van der Waals surface area contributed by atoms with E-state index in [4.69, 9.17) is 5.11 Å². The van der Waals surface area contributed by atoms with Crippen molar-refractivity contribution in [2.24, 2.45) is 0 Å². The molecule has 0 amide bonds. The number of hydrogen-bond acceptors (Lipinski definition) is 1. The van der Waals surface area contributed by atoms with Gasteiger partial charge in [-0.3, -0.25) is 4.57 Å². The van der Waals surface area contributed by atoms with Gasteiger partial charge < -0.3 is 5.11 Å². The minimum atomic E-state index is 0.0509. The largest absolute Gasteiger partial charge is 0.495 e. The molecule has 0 radical (unpaired) electrons. The Balaban J connectivity index is 2.93. The Morgan fingerprint density at radius 3 is 2.12 bits per heavy atom. The molecule has 0 saturated carbocycles. The summed E-state index contributed by atoms with van der Waals surface area (Å²) in [5, 5.41) is 8.68. The maximum atomic E-state index is 8.68. The zero-order chi connectivity index (χ0) is 5.98. The van der Waals surface area contributed by atoms with E-state index in [1.807, 2.05) is 12.1 Å². The number of rotatable bonds is 1. The highest BCUT2D eigenvalue weighted by molar-refractivity contribution is 5.29. The zero-order valence-corrected chi connectivity index (χ0v) is 4.41. The summed E-state index contributed by atoms with van der Waals surface area (Å²) < 4.78 is 1.53. The van der Waals surface area contributed by atoms with Crippen LogP contribution in [0.15, 0.2) is 31.1 Å². The van der Waals surface area contributed by atoms with Crippen molar-refractivity contribution in [1.29, 1.82) is 0 Å². The van der Waals surface area contributed by atoms with Crippen LogP contribution in [0.5, 0.6) is 0 Å². The quantitative estimate of drug-likeness (QED) is 0.543. The highest BCUT2D eigenvalue weighted by Crippen LogP contribution is 1.95. The lowest BCUT2D eigenvalue weighted by Crippen LogP contribution is -1.87. The highest BCUT2D eigenvalue weighted by atomic mass is 16.3. The molecule has 0 aliphatic carbocycles. The van der Waals surface area contributed by atoms with Gasteiger partial charge in [0.25, 0.3) is 0 Å². The van der Waals surface area contributed by atoms with Crippen LogP contribution in [-0.2, 0) is 0 Å². The fraction of sp³-hybridized carbons (Fsp3) is 0. The van der Waals surface area contributed by atoms with Crippen molar-refractivity contribution in [1.82, 2.24) is 4.57 Å². The van der Waals surface area contributed by atoms with E-state index >= 15 is 0 Å².